The van der Waals surface area contributed by atoms with Crippen molar-refractivity contribution in [1.29, 1.82) is 5.26 Å². The number of nitro benzene ring substituents is 1. The molecular weight excluding hydrogens is 244 g/mol. The van der Waals surface area contributed by atoms with Crippen molar-refractivity contribution in [3.8, 4) is 6.07 Å². The van der Waals surface area contributed by atoms with E-state index in [1.165, 1.54) is 12.1 Å². The number of rotatable bonds is 2. The Bertz CT molecular complexity index is 538. The fraction of sp³-hybridized carbons (Fsp3) is 0.462. The fourth-order valence-corrected chi connectivity index (χ4v) is 2.38. The van der Waals surface area contributed by atoms with Crippen molar-refractivity contribution in [3.05, 3.63) is 33.9 Å². The minimum absolute atomic E-state index is 0.0432. The molecule has 2 atom stereocenters. The van der Waals surface area contributed by atoms with Crippen molar-refractivity contribution in [2.75, 3.05) is 18.0 Å². The number of nitrogens with zero attached hydrogens (tertiary/aromatic N) is 3. The summed E-state index contributed by atoms with van der Waals surface area (Å²) in [4.78, 5) is 12.6. The van der Waals surface area contributed by atoms with E-state index < -0.39 is 4.92 Å². The average molecular weight is 260 g/mol. The number of hydrogen-bond donors (Lipinski definition) is 1. The van der Waals surface area contributed by atoms with Crippen LogP contribution >= 0.6 is 0 Å². The van der Waals surface area contributed by atoms with Gasteiger partial charge in [-0.05, 0) is 24.5 Å². The fourth-order valence-electron chi connectivity index (χ4n) is 2.38. The Hall–Kier alpha value is -2.13. The van der Waals surface area contributed by atoms with Crippen LogP contribution in [-0.4, -0.2) is 24.1 Å². The molecule has 2 unspecified atom stereocenters. The second kappa shape index (κ2) is 5.24. The molecule has 6 nitrogen and oxygen atoms in total. The van der Waals surface area contributed by atoms with Gasteiger partial charge in [0.25, 0.3) is 5.69 Å². The van der Waals surface area contributed by atoms with E-state index in [0.29, 0.717) is 24.3 Å². The Morgan fingerprint density at radius 3 is 2.89 bits per heavy atom. The first-order valence-electron chi connectivity index (χ1n) is 6.22. The third-order valence-electron chi connectivity index (χ3n) is 3.61. The molecule has 0 amide bonds. The molecule has 1 aliphatic rings. The lowest BCUT2D eigenvalue weighted by Crippen LogP contribution is -2.46. The molecule has 1 aromatic rings. The van der Waals surface area contributed by atoms with Crippen LogP contribution in [0, 0.1) is 27.4 Å². The van der Waals surface area contributed by atoms with Gasteiger partial charge in [0.1, 0.15) is 5.69 Å². The Labute approximate surface area is 111 Å². The summed E-state index contributed by atoms with van der Waals surface area (Å²) >= 11 is 0. The molecule has 1 aliphatic heterocycles. The molecule has 0 bridgehead atoms. The summed E-state index contributed by atoms with van der Waals surface area (Å²) in [7, 11) is 0. The monoisotopic (exact) mass is 260 g/mol. The molecule has 1 heterocycles. The van der Waals surface area contributed by atoms with Crippen molar-refractivity contribution >= 4 is 11.4 Å². The number of nitriles is 1. The summed E-state index contributed by atoms with van der Waals surface area (Å²) in [5, 5.41) is 20.0. The number of nitrogens with two attached hydrogens (primary N) is 1. The molecule has 6 heteroatoms. The van der Waals surface area contributed by atoms with Crippen molar-refractivity contribution in [2.45, 2.75) is 19.4 Å². The van der Waals surface area contributed by atoms with Crippen LogP contribution in [0.2, 0.25) is 0 Å². The molecule has 0 saturated carbocycles. The Morgan fingerprint density at radius 2 is 2.32 bits per heavy atom. The van der Waals surface area contributed by atoms with Gasteiger partial charge in [0, 0.05) is 25.2 Å². The van der Waals surface area contributed by atoms with Crippen LogP contribution in [0.15, 0.2) is 18.2 Å². The Morgan fingerprint density at radius 1 is 1.58 bits per heavy atom. The second-order valence-corrected chi connectivity index (χ2v) is 4.95. The van der Waals surface area contributed by atoms with Gasteiger partial charge in [-0.15, -0.1) is 0 Å². The van der Waals surface area contributed by atoms with Crippen LogP contribution in [0.5, 0.6) is 0 Å². The summed E-state index contributed by atoms with van der Waals surface area (Å²) in [6.07, 6.45) is 0.801. The van der Waals surface area contributed by atoms with E-state index in [2.05, 4.69) is 0 Å². The highest BCUT2D eigenvalue weighted by molar-refractivity contribution is 5.66. The highest BCUT2D eigenvalue weighted by Crippen LogP contribution is 2.32. The van der Waals surface area contributed by atoms with Crippen LogP contribution in [0.3, 0.4) is 0 Å². The lowest BCUT2D eigenvalue weighted by Gasteiger charge is -2.36. The van der Waals surface area contributed by atoms with Crippen LogP contribution in [0.25, 0.3) is 0 Å². The van der Waals surface area contributed by atoms with Crippen LogP contribution in [-0.2, 0) is 0 Å². The number of hydrogen-bond acceptors (Lipinski definition) is 5. The number of nitro groups is 1. The Kier molecular flexibility index (Phi) is 3.67. The largest absolute Gasteiger partial charge is 0.366 e. The van der Waals surface area contributed by atoms with Gasteiger partial charge in [0.05, 0.1) is 16.6 Å². The first-order chi connectivity index (χ1) is 9.02. The van der Waals surface area contributed by atoms with E-state index >= 15 is 0 Å². The summed E-state index contributed by atoms with van der Waals surface area (Å²) in [5.41, 5.74) is 6.95. The van der Waals surface area contributed by atoms with Crippen molar-refractivity contribution in [3.63, 3.8) is 0 Å². The summed E-state index contributed by atoms with van der Waals surface area (Å²) in [6, 6.07) is 6.61. The van der Waals surface area contributed by atoms with Gasteiger partial charge in [-0.1, -0.05) is 6.92 Å². The molecule has 1 saturated heterocycles. The standard InChI is InChI=1S/C13H16N4O2/c1-9-8-16(5-4-11(9)15)13-6-10(7-14)2-3-12(13)17(18)19/h2-3,6,9,11H,4-5,8,15H2,1H3. The van der Waals surface area contributed by atoms with Gasteiger partial charge in [-0.25, -0.2) is 0 Å². The van der Waals surface area contributed by atoms with E-state index in [1.54, 1.807) is 6.07 Å². The lowest BCUT2D eigenvalue weighted by molar-refractivity contribution is -0.384. The molecule has 2 N–H and O–H groups in total. The molecular formula is C13H16N4O2. The maximum atomic E-state index is 11.1. The smallest absolute Gasteiger partial charge is 0.292 e. The zero-order valence-corrected chi connectivity index (χ0v) is 10.7. The molecule has 1 aromatic carbocycles. The maximum Gasteiger partial charge on any atom is 0.292 e. The molecule has 0 spiro atoms. The van der Waals surface area contributed by atoms with E-state index in [1.807, 2.05) is 17.9 Å². The minimum atomic E-state index is -0.407. The predicted molar refractivity (Wildman–Crippen MR) is 71.8 cm³/mol. The molecule has 0 aromatic heterocycles. The number of benzene rings is 1. The molecule has 0 radical (unpaired) electrons. The number of anilines is 1. The molecule has 2 rings (SSSR count). The van der Waals surface area contributed by atoms with Crippen LogP contribution in [0.4, 0.5) is 11.4 Å². The van der Waals surface area contributed by atoms with Crippen molar-refractivity contribution in [1.82, 2.24) is 0 Å². The molecule has 19 heavy (non-hydrogen) atoms. The second-order valence-electron chi connectivity index (χ2n) is 4.95. The predicted octanol–water partition coefficient (Wildman–Crippen LogP) is 1.64. The lowest BCUT2D eigenvalue weighted by atomic mass is 9.94. The highest BCUT2D eigenvalue weighted by Gasteiger charge is 2.27. The van der Waals surface area contributed by atoms with E-state index in [9.17, 15) is 10.1 Å². The van der Waals surface area contributed by atoms with Gasteiger partial charge in [-0.3, -0.25) is 10.1 Å². The zero-order valence-electron chi connectivity index (χ0n) is 10.7. The van der Waals surface area contributed by atoms with Gasteiger partial charge in [0.2, 0.25) is 0 Å². The normalized spacial score (nSPS) is 22.9. The van der Waals surface area contributed by atoms with E-state index in [0.717, 1.165) is 6.42 Å². The highest BCUT2D eigenvalue weighted by atomic mass is 16.6. The zero-order chi connectivity index (χ0) is 14.0. The maximum absolute atomic E-state index is 11.1. The molecule has 100 valence electrons. The quantitative estimate of drug-likeness (QED) is 0.644. The molecule has 0 aliphatic carbocycles. The van der Waals surface area contributed by atoms with Gasteiger partial charge < -0.3 is 10.6 Å². The van der Waals surface area contributed by atoms with Gasteiger partial charge >= 0.3 is 0 Å². The van der Waals surface area contributed by atoms with E-state index in [4.69, 9.17) is 11.0 Å². The van der Waals surface area contributed by atoms with Crippen molar-refractivity contribution in [2.24, 2.45) is 11.7 Å². The van der Waals surface area contributed by atoms with Gasteiger partial charge in [0.15, 0.2) is 0 Å². The first kappa shape index (κ1) is 13.3. The number of piperidine rings is 1. The Balaban J connectivity index is 2.37. The third-order valence-corrected chi connectivity index (χ3v) is 3.61. The summed E-state index contributed by atoms with van der Waals surface area (Å²) in [6.45, 7) is 3.40. The first-order valence-corrected chi connectivity index (χ1v) is 6.22. The topological polar surface area (TPSA) is 96.2 Å². The molecule has 1 fully saturated rings. The minimum Gasteiger partial charge on any atom is -0.366 e. The van der Waals surface area contributed by atoms with Gasteiger partial charge in [-0.2, -0.15) is 5.26 Å². The van der Waals surface area contributed by atoms with E-state index in [-0.39, 0.29) is 17.6 Å². The average Bonchev–Trinajstić information content (AvgIpc) is 2.41. The van der Waals surface area contributed by atoms with Crippen molar-refractivity contribution < 1.29 is 4.92 Å². The van der Waals surface area contributed by atoms with Crippen LogP contribution < -0.4 is 10.6 Å². The SMILES string of the molecule is CC1CN(c2cc(C#N)ccc2[N+](=O)[O-])CCC1N. The summed E-state index contributed by atoms with van der Waals surface area (Å²) in [5.74, 6) is 0.277. The van der Waals surface area contributed by atoms with Crippen LogP contribution in [0.1, 0.15) is 18.9 Å². The third kappa shape index (κ3) is 2.66. The summed E-state index contributed by atoms with van der Waals surface area (Å²) < 4.78 is 0.